The van der Waals surface area contributed by atoms with E-state index < -0.39 is 10.0 Å². The molecule has 0 N–H and O–H groups in total. The standard InChI is InChI=1S/C19H24N4O3S3/c24-19(22-8-6-21(7-9-22)15-16-1-4-20-5-2-16)18-17(3-12-28-18)29(25,26)23-10-13-27-14-11-23/h1-5,12H,6-11,13-15H2. The molecule has 0 aliphatic carbocycles. The minimum absolute atomic E-state index is 0.165. The number of thioether (sulfide) groups is 1. The fraction of sp³-hybridized carbons (Fsp3) is 0.474. The molecule has 29 heavy (non-hydrogen) atoms. The third-order valence-electron chi connectivity index (χ3n) is 5.23. The van der Waals surface area contributed by atoms with Gasteiger partial charge in [-0.15, -0.1) is 11.3 Å². The van der Waals surface area contributed by atoms with Gasteiger partial charge in [0.15, 0.2) is 0 Å². The fourth-order valence-electron chi connectivity index (χ4n) is 3.58. The number of carbonyl (C=O) groups is 1. The molecule has 4 rings (SSSR count). The van der Waals surface area contributed by atoms with Gasteiger partial charge < -0.3 is 4.90 Å². The zero-order valence-corrected chi connectivity index (χ0v) is 18.5. The molecule has 4 heterocycles. The summed E-state index contributed by atoms with van der Waals surface area (Å²) in [6, 6.07) is 5.58. The van der Waals surface area contributed by atoms with Crippen molar-refractivity contribution in [1.82, 2.24) is 19.1 Å². The summed E-state index contributed by atoms with van der Waals surface area (Å²) in [5.41, 5.74) is 1.20. The Labute approximate surface area is 179 Å². The molecule has 2 aromatic rings. The number of pyridine rings is 1. The number of rotatable bonds is 5. The van der Waals surface area contributed by atoms with Crippen LogP contribution >= 0.6 is 23.1 Å². The van der Waals surface area contributed by atoms with E-state index in [1.54, 1.807) is 40.5 Å². The second kappa shape index (κ2) is 9.13. The van der Waals surface area contributed by atoms with Crippen molar-refractivity contribution < 1.29 is 13.2 Å². The van der Waals surface area contributed by atoms with Gasteiger partial charge in [0.05, 0.1) is 0 Å². The van der Waals surface area contributed by atoms with Crippen LogP contribution in [0.2, 0.25) is 0 Å². The molecule has 0 atom stereocenters. The van der Waals surface area contributed by atoms with Gasteiger partial charge in [0.2, 0.25) is 10.0 Å². The number of piperazine rings is 1. The molecule has 7 nitrogen and oxygen atoms in total. The normalized spacial score (nSPS) is 19.4. The summed E-state index contributed by atoms with van der Waals surface area (Å²) in [6.45, 7) is 4.57. The summed E-state index contributed by atoms with van der Waals surface area (Å²) in [5.74, 6) is 1.42. The van der Waals surface area contributed by atoms with Gasteiger partial charge in [0.1, 0.15) is 9.77 Å². The van der Waals surface area contributed by atoms with E-state index in [4.69, 9.17) is 0 Å². The van der Waals surface area contributed by atoms with E-state index in [1.165, 1.54) is 21.2 Å². The lowest BCUT2D eigenvalue weighted by atomic mass is 10.2. The molecule has 156 valence electrons. The van der Waals surface area contributed by atoms with E-state index in [0.717, 1.165) is 31.1 Å². The van der Waals surface area contributed by atoms with Crippen molar-refractivity contribution >= 4 is 39.0 Å². The second-order valence-corrected chi connectivity index (χ2v) is 11.1. The predicted molar refractivity (Wildman–Crippen MR) is 116 cm³/mol. The highest BCUT2D eigenvalue weighted by molar-refractivity contribution is 7.99. The third kappa shape index (κ3) is 4.66. The molecular weight excluding hydrogens is 428 g/mol. The number of hydrogen-bond donors (Lipinski definition) is 0. The van der Waals surface area contributed by atoms with Gasteiger partial charge in [-0.25, -0.2) is 8.42 Å². The first-order valence-corrected chi connectivity index (χ1v) is 13.1. The minimum Gasteiger partial charge on any atom is -0.335 e. The molecule has 0 spiro atoms. The quantitative estimate of drug-likeness (QED) is 0.689. The molecule has 0 bridgehead atoms. The van der Waals surface area contributed by atoms with Crippen LogP contribution in [0.5, 0.6) is 0 Å². The second-order valence-electron chi connectivity index (χ2n) is 7.05. The van der Waals surface area contributed by atoms with Gasteiger partial charge in [0, 0.05) is 69.7 Å². The van der Waals surface area contributed by atoms with Crippen molar-refractivity contribution in [3.8, 4) is 0 Å². The molecule has 2 aromatic heterocycles. The summed E-state index contributed by atoms with van der Waals surface area (Å²) in [5, 5.41) is 1.71. The molecule has 2 aliphatic heterocycles. The van der Waals surface area contributed by atoms with Crippen LogP contribution in [0, 0.1) is 0 Å². The Bertz CT molecular complexity index is 935. The number of nitrogens with zero attached hydrogens (tertiary/aromatic N) is 4. The Balaban J connectivity index is 1.42. The first kappa shape index (κ1) is 20.8. The van der Waals surface area contributed by atoms with Crippen LogP contribution in [0.4, 0.5) is 0 Å². The van der Waals surface area contributed by atoms with Gasteiger partial charge in [-0.05, 0) is 29.1 Å². The van der Waals surface area contributed by atoms with Crippen molar-refractivity contribution in [2.75, 3.05) is 50.8 Å². The lowest BCUT2D eigenvalue weighted by Gasteiger charge is -2.34. The molecule has 0 saturated carbocycles. The number of carbonyl (C=O) groups excluding carboxylic acids is 1. The highest BCUT2D eigenvalue weighted by Crippen LogP contribution is 2.28. The first-order valence-electron chi connectivity index (χ1n) is 9.61. The van der Waals surface area contributed by atoms with Gasteiger partial charge in [-0.3, -0.25) is 14.7 Å². The molecule has 10 heteroatoms. The van der Waals surface area contributed by atoms with Crippen LogP contribution in [0.15, 0.2) is 40.9 Å². The number of aromatic nitrogens is 1. The monoisotopic (exact) mass is 452 g/mol. The van der Waals surface area contributed by atoms with Crippen LogP contribution in [-0.4, -0.2) is 84.2 Å². The third-order valence-corrected chi connectivity index (χ3v) is 9.14. The Kier molecular flexibility index (Phi) is 6.55. The maximum absolute atomic E-state index is 13.1. The van der Waals surface area contributed by atoms with Gasteiger partial charge in [-0.2, -0.15) is 16.1 Å². The highest BCUT2D eigenvalue weighted by Gasteiger charge is 2.33. The topological polar surface area (TPSA) is 73.8 Å². The van der Waals surface area contributed by atoms with E-state index in [9.17, 15) is 13.2 Å². The lowest BCUT2D eigenvalue weighted by Crippen LogP contribution is -2.48. The first-order chi connectivity index (χ1) is 14.1. The summed E-state index contributed by atoms with van der Waals surface area (Å²) in [6.07, 6.45) is 3.57. The number of amides is 1. The number of sulfonamides is 1. The summed E-state index contributed by atoms with van der Waals surface area (Å²) in [7, 11) is -3.62. The average Bonchev–Trinajstić information content (AvgIpc) is 3.26. The Morgan fingerprint density at radius 2 is 1.69 bits per heavy atom. The van der Waals surface area contributed by atoms with E-state index in [1.807, 2.05) is 12.1 Å². The maximum Gasteiger partial charge on any atom is 0.265 e. The van der Waals surface area contributed by atoms with E-state index in [2.05, 4.69) is 9.88 Å². The Morgan fingerprint density at radius 1 is 1.00 bits per heavy atom. The van der Waals surface area contributed by atoms with Crippen LogP contribution in [0.1, 0.15) is 15.2 Å². The van der Waals surface area contributed by atoms with Crippen molar-refractivity contribution in [2.24, 2.45) is 0 Å². The van der Waals surface area contributed by atoms with E-state index >= 15 is 0 Å². The Hall–Kier alpha value is -1.46. The zero-order valence-electron chi connectivity index (χ0n) is 16.1. The molecule has 0 unspecified atom stereocenters. The smallest absolute Gasteiger partial charge is 0.265 e. The van der Waals surface area contributed by atoms with Crippen molar-refractivity contribution in [1.29, 1.82) is 0 Å². The minimum atomic E-state index is -3.62. The predicted octanol–water partition coefficient (Wildman–Crippen LogP) is 1.84. The zero-order chi connectivity index (χ0) is 20.3. The Morgan fingerprint density at radius 3 is 2.38 bits per heavy atom. The molecule has 0 radical (unpaired) electrons. The largest absolute Gasteiger partial charge is 0.335 e. The maximum atomic E-state index is 13.1. The van der Waals surface area contributed by atoms with Crippen LogP contribution < -0.4 is 0 Å². The van der Waals surface area contributed by atoms with Crippen LogP contribution in [-0.2, 0) is 16.6 Å². The summed E-state index contributed by atoms with van der Waals surface area (Å²) >= 11 is 2.98. The summed E-state index contributed by atoms with van der Waals surface area (Å²) in [4.78, 5) is 21.7. The number of hydrogen-bond acceptors (Lipinski definition) is 7. The van der Waals surface area contributed by atoms with Crippen molar-refractivity contribution in [3.63, 3.8) is 0 Å². The highest BCUT2D eigenvalue weighted by atomic mass is 32.2. The lowest BCUT2D eigenvalue weighted by molar-refractivity contribution is 0.0629. The van der Waals surface area contributed by atoms with Gasteiger partial charge >= 0.3 is 0 Å². The van der Waals surface area contributed by atoms with E-state index in [0.29, 0.717) is 31.1 Å². The number of thiophene rings is 1. The fourth-order valence-corrected chi connectivity index (χ4v) is 7.52. The molecule has 2 fully saturated rings. The summed E-state index contributed by atoms with van der Waals surface area (Å²) < 4.78 is 27.6. The van der Waals surface area contributed by atoms with Crippen molar-refractivity contribution in [2.45, 2.75) is 11.4 Å². The molecule has 1 amide bonds. The molecular formula is C19H24N4O3S3. The molecule has 2 saturated heterocycles. The van der Waals surface area contributed by atoms with Crippen LogP contribution in [0.25, 0.3) is 0 Å². The molecule has 0 aromatic carbocycles. The van der Waals surface area contributed by atoms with Gasteiger partial charge in [-0.1, -0.05) is 0 Å². The van der Waals surface area contributed by atoms with Crippen molar-refractivity contribution in [3.05, 3.63) is 46.4 Å². The van der Waals surface area contributed by atoms with Crippen LogP contribution in [0.3, 0.4) is 0 Å². The molecule has 2 aliphatic rings. The SMILES string of the molecule is O=C(c1sccc1S(=O)(=O)N1CCSCC1)N1CCN(Cc2ccncc2)CC1. The van der Waals surface area contributed by atoms with Gasteiger partial charge in [0.25, 0.3) is 5.91 Å². The van der Waals surface area contributed by atoms with E-state index in [-0.39, 0.29) is 10.8 Å². The average molecular weight is 453 g/mol.